The lowest BCUT2D eigenvalue weighted by atomic mass is 9.60. The van der Waals surface area contributed by atoms with Crippen molar-refractivity contribution < 1.29 is 0 Å². The first-order valence-electron chi connectivity index (χ1n) is 7.61. The summed E-state index contributed by atoms with van der Waals surface area (Å²) in [4.78, 5) is 0. The summed E-state index contributed by atoms with van der Waals surface area (Å²) in [6.07, 6.45) is 2.27. The van der Waals surface area contributed by atoms with E-state index in [1.54, 1.807) is 0 Å². The van der Waals surface area contributed by atoms with Crippen LogP contribution in [-0.2, 0) is 0 Å². The molecule has 2 heteroatoms. The van der Waals surface area contributed by atoms with Gasteiger partial charge in [0.1, 0.15) is 0 Å². The first-order chi connectivity index (χ1) is 8.06. The van der Waals surface area contributed by atoms with Crippen LogP contribution < -0.4 is 5.32 Å². The molecule has 106 valence electrons. The molecule has 0 aliphatic rings. The summed E-state index contributed by atoms with van der Waals surface area (Å²) in [5, 5.41) is 3.62. The molecule has 0 heterocycles. The van der Waals surface area contributed by atoms with E-state index in [-0.39, 0.29) is 5.31 Å². The second kappa shape index (κ2) is 7.57. The van der Waals surface area contributed by atoms with E-state index in [4.69, 9.17) is 7.85 Å². The largest absolute Gasteiger partial charge is 0.312 e. The molecule has 0 fully saturated rings. The van der Waals surface area contributed by atoms with Crippen LogP contribution in [0.15, 0.2) is 0 Å². The van der Waals surface area contributed by atoms with Gasteiger partial charge in [0.25, 0.3) is 0 Å². The van der Waals surface area contributed by atoms with Gasteiger partial charge in [0, 0.05) is 12.1 Å². The molecular formula is C16H34BN. The Morgan fingerprint density at radius 1 is 0.944 bits per heavy atom. The fourth-order valence-electron chi connectivity index (χ4n) is 2.34. The normalized spacial score (nSPS) is 20.8. The van der Waals surface area contributed by atoms with Gasteiger partial charge in [-0.05, 0) is 44.4 Å². The molecule has 1 nitrogen and oxygen atoms in total. The third kappa shape index (κ3) is 6.82. The quantitative estimate of drug-likeness (QED) is 0.629. The average molecular weight is 251 g/mol. The molecule has 4 unspecified atom stereocenters. The zero-order valence-electron chi connectivity index (χ0n) is 13.9. The summed E-state index contributed by atoms with van der Waals surface area (Å²) in [7, 11) is 6.35. The van der Waals surface area contributed by atoms with E-state index in [0.717, 1.165) is 18.3 Å². The molecule has 0 rings (SSSR count). The van der Waals surface area contributed by atoms with Crippen molar-refractivity contribution in [2.75, 3.05) is 0 Å². The Morgan fingerprint density at radius 2 is 1.44 bits per heavy atom. The maximum atomic E-state index is 6.35. The smallest absolute Gasteiger partial charge is 0.0746 e. The Balaban J connectivity index is 4.12. The highest BCUT2D eigenvalue weighted by Crippen LogP contribution is 2.36. The van der Waals surface area contributed by atoms with E-state index in [2.05, 4.69) is 60.7 Å². The van der Waals surface area contributed by atoms with Crippen LogP contribution in [0.5, 0.6) is 0 Å². The molecule has 0 saturated heterocycles. The van der Waals surface area contributed by atoms with Gasteiger partial charge in [0.2, 0.25) is 0 Å². The zero-order chi connectivity index (χ0) is 14.5. The van der Waals surface area contributed by atoms with Crippen molar-refractivity contribution in [3.05, 3.63) is 0 Å². The monoisotopic (exact) mass is 251 g/mol. The average Bonchev–Trinajstić information content (AvgIpc) is 2.15. The molecule has 0 spiro atoms. The molecule has 0 bridgehead atoms. The minimum absolute atomic E-state index is 0.0736. The van der Waals surface area contributed by atoms with Gasteiger partial charge < -0.3 is 5.32 Å². The van der Waals surface area contributed by atoms with Gasteiger partial charge >= 0.3 is 0 Å². The molecule has 0 aromatic rings. The first-order valence-corrected chi connectivity index (χ1v) is 7.61. The van der Waals surface area contributed by atoms with Crippen molar-refractivity contribution in [3.8, 4) is 0 Å². The third-order valence-electron chi connectivity index (χ3n) is 4.50. The topological polar surface area (TPSA) is 12.0 Å². The lowest BCUT2D eigenvalue weighted by Crippen LogP contribution is -2.38. The van der Waals surface area contributed by atoms with Crippen molar-refractivity contribution in [2.45, 2.75) is 85.6 Å². The van der Waals surface area contributed by atoms with E-state index in [1.165, 1.54) is 6.42 Å². The van der Waals surface area contributed by atoms with E-state index >= 15 is 0 Å². The first kappa shape index (κ1) is 18.0. The Hall–Kier alpha value is 0.0249. The highest BCUT2D eigenvalue weighted by Gasteiger charge is 2.25. The Labute approximate surface area is 117 Å². The summed E-state index contributed by atoms with van der Waals surface area (Å²) >= 11 is 0. The molecule has 0 amide bonds. The second-order valence-corrected chi connectivity index (χ2v) is 7.29. The van der Waals surface area contributed by atoms with E-state index in [0.29, 0.717) is 18.0 Å². The van der Waals surface area contributed by atoms with Crippen molar-refractivity contribution in [2.24, 2.45) is 17.8 Å². The van der Waals surface area contributed by atoms with Gasteiger partial charge in [-0.3, -0.25) is 0 Å². The molecule has 0 saturated carbocycles. The van der Waals surface area contributed by atoms with Crippen molar-refractivity contribution >= 4 is 7.85 Å². The van der Waals surface area contributed by atoms with Crippen LogP contribution in [0.25, 0.3) is 0 Å². The molecule has 1 N–H and O–H groups in total. The summed E-state index contributed by atoms with van der Waals surface area (Å²) in [6.45, 7) is 18.1. The van der Waals surface area contributed by atoms with Gasteiger partial charge in [-0.2, -0.15) is 0 Å². The van der Waals surface area contributed by atoms with E-state index < -0.39 is 0 Å². The second-order valence-electron chi connectivity index (χ2n) is 7.29. The van der Waals surface area contributed by atoms with Crippen molar-refractivity contribution in [3.63, 3.8) is 0 Å². The van der Waals surface area contributed by atoms with Crippen LogP contribution >= 0.6 is 0 Å². The van der Waals surface area contributed by atoms with E-state index in [9.17, 15) is 0 Å². The Bertz CT molecular complexity index is 223. The van der Waals surface area contributed by atoms with Crippen LogP contribution in [0.2, 0.25) is 5.31 Å². The van der Waals surface area contributed by atoms with Gasteiger partial charge in [0.15, 0.2) is 0 Å². The van der Waals surface area contributed by atoms with Crippen LogP contribution in [0.4, 0.5) is 0 Å². The van der Waals surface area contributed by atoms with Crippen molar-refractivity contribution in [1.29, 1.82) is 0 Å². The van der Waals surface area contributed by atoms with E-state index in [1.807, 2.05) is 0 Å². The number of rotatable bonds is 8. The summed E-state index contributed by atoms with van der Waals surface area (Å²) < 4.78 is 0. The number of nitrogens with one attached hydrogen (secondary N) is 1. The predicted octanol–water partition coefficient (Wildman–Crippen LogP) is 4.43. The standard InChI is InChI=1S/C16H34BN/c1-11(2)13(5)9-14(6)18-15(7)10-16(8,17)12(3)4/h11-15,18H,9-10H2,1-8H3. The molecule has 2 radical (unpaired) electrons. The fraction of sp³-hybridized carbons (Fsp3) is 1.00. The van der Waals surface area contributed by atoms with Gasteiger partial charge in [-0.25, -0.2) is 0 Å². The highest BCUT2D eigenvalue weighted by molar-refractivity contribution is 6.15. The molecule has 0 aliphatic heterocycles. The molecule has 0 aliphatic carbocycles. The predicted molar refractivity (Wildman–Crippen MR) is 84.3 cm³/mol. The van der Waals surface area contributed by atoms with Crippen LogP contribution in [-0.4, -0.2) is 19.9 Å². The summed E-state index contributed by atoms with van der Waals surface area (Å²) in [6, 6.07) is 1.05. The van der Waals surface area contributed by atoms with Gasteiger partial charge in [0.05, 0.1) is 7.85 Å². The van der Waals surface area contributed by atoms with Crippen LogP contribution in [0, 0.1) is 17.8 Å². The minimum Gasteiger partial charge on any atom is -0.312 e. The molecule has 0 aromatic heterocycles. The molecule has 4 atom stereocenters. The number of hydrogen-bond acceptors (Lipinski definition) is 1. The highest BCUT2D eigenvalue weighted by atomic mass is 14.9. The Morgan fingerprint density at radius 3 is 1.83 bits per heavy atom. The lowest BCUT2D eigenvalue weighted by Gasteiger charge is -2.34. The maximum Gasteiger partial charge on any atom is 0.0746 e. The third-order valence-corrected chi connectivity index (χ3v) is 4.50. The molecular weight excluding hydrogens is 217 g/mol. The maximum absolute atomic E-state index is 6.35. The SMILES string of the molecule is [B]C(C)(CC(C)NC(C)CC(C)C(C)C)C(C)C. The summed E-state index contributed by atoms with van der Waals surface area (Å²) in [5.41, 5.74) is 0. The fourth-order valence-corrected chi connectivity index (χ4v) is 2.34. The number of hydrogen-bond donors (Lipinski definition) is 1. The van der Waals surface area contributed by atoms with Gasteiger partial charge in [-0.1, -0.05) is 46.9 Å². The Kier molecular flexibility index (Phi) is 7.58. The molecule has 18 heavy (non-hydrogen) atoms. The summed E-state index contributed by atoms with van der Waals surface area (Å²) in [5.74, 6) is 2.06. The van der Waals surface area contributed by atoms with Crippen molar-refractivity contribution in [1.82, 2.24) is 5.32 Å². The molecule has 0 aromatic carbocycles. The lowest BCUT2D eigenvalue weighted by molar-refractivity contribution is 0.299. The minimum atomic E-state index is -0.0736. The zero-order valence-corrected chi connectivity index (χ0v) is 13.9. The van der Waals surface area contributed by atoms with Gasteiger partial charge in [-0.15, -0.1) is 0 Å². The van der Waals surface area contributed by atoms with Crippen LogP contribution in [0.3, 0.4) is 0 Å². The van der Waals surface area contributed by atoms with Crippen LogP contribution in [0.1, 0.15) is 68.2 Å².